The fourth-order valence-electron chi connectivity index (χ4n) is 0.674. The summed E-state index contributed by atoms with van der Waals surface area (Å²) in [4.78, 5) is 0. The zero-order chi connectivity index (χ0) is 6.69. The molecule has 1 aromatic carbocycles. The van der Waals surface area contributed by atoms with Crippen molar-refractivity contribution >= 4 is 18.9 Å². The Balaban J connectivity index is 0.000000810. The first-order chi connectivity index (χ1) is 4.33. The van der Waals surface area contributed by atoms with E-state index in [-0.39, 0.29) is 18.9 Å². The van der Waals surface area contributed by atoms with Crippen molar-refractivity contribution < 1.29 is 4.74 Å². The van der Waals surface area contributed by atoms with Crippen molar-refractivity contribution in [2.75, 3.05) is 7.11 Å². The van der Waals surface area contributed by atoms with Crippen LogP contribution in [0, 0.1) is 6.92 Å². The quantitative estimate of drug-likeness (QED) is 0.523. The van der Waals surface area contributed by atoms with Crippen LogP contribution in [0.5, 0.6) is 5.75 Å². The van der Waals surface area contributed by atoms with Crippen LogP contribution in [0.15, 0.2) is 24.3 Å². The molecule has 0 atom stereocenters. The first-order valence-electron chi connectivity index (χ1n) is 2.93. The molecule has 1 nitrogen and oxygen atoms in total. The van der Waals surface area contributed by atoms with Crippen LogP contribution in [0.1, 0.15) is 5.56 Å². The molecule has 1 aromatic rings. The first-order valence-corrected chi connectivity index (χ1v) is 2.93. The first kappa shape index (κ1) is 9.62. The number of ether oxygens (including phenoxy) is 1. The third-order valence-corrected chi connectivity index (χ3v) is 1.26. The molecule has 10 heavy (non-hydrogen) atoms. The van der Waals surface area contributed by atoms with Crippen molar-refractivity contribution in [1.82, 2.24) is 0 Å². The summed E-state index contributed by atoms with van der Waals surface area (Å²) in [6, 6.07) is 7.96. The third-order valence-electron chi connectivity index (χ3n) is 1.26. The predicted octanol–water partition coefficient (Wildman–Crippen LogP) is 1.62. The van der Waals surface area contributed by atoms with Gasteiger partial charge >= 0.3 is 0 Å². The van der Waals surface area contributed by atoms with Gasteiger partial charge in [-0.3, -0.25) is 0 Å². The summed E-state index contributed by atoms with van der Waals surface area (Å²) in [7, 11) is 1.67. The van der Waals surface area contributed by atoms with Gasteiger partial charge in [0.1, 0.15) is 5.75 Å². The molecule has 0 bridgehead atoms. The number of aryl methyl sites for hydroxylation is 1. The van der Waals surface area contributed by atoms with Gasteiger partial charge < -0.3 is 4.74 Å². The second-order valence-corrected chi connectivity index (χ2v) is 2.02. The molecule has 49 valence electrons. The number of benzene rings is 1. The molecule has 0 aliphatic heterocycles. The maximum atomic E-state index is 4.97. The van der Waals surface area contributed by atoms with Gasteiger partial charge in [0.15, 0.2) is 0 Å². The molecule has 0 aliphatic carbocycles. The molecule has 0 aromatic heterocycles. The van der Waals surface area contributed by atoms with Gasteiger partial charge in [-0.2, -0.15) is 0 Å². The second kappa shape index (κ2) is 4.44. The Morgan fingerprint density at radius 2 is 1.60 bits per heavy atom. The van der Waals surface area contributed by atoms with Gasteiger partial charge in [-0.25, -0.2) is 0 Å². The molecule has 1 radical (unpaired) electrons. The Morgan fingerprint density at radius 1 is 1.10 bits per heavy atom. The summed E-state index contributed by atoms with van der Waals surface area (Å²) < 4.78 is 4.97. The van der Waals surface area contributed by atoms with E-state index in [1.165, 1.54) is 5.56 Å². The Bertz CT molecular complexity index is 181. The molecule has 0 N–H and O–H groups in total. The second-order valence-electron chi connectivity index (χ2n) is 2.02. The molecular formula is C8H10LiO. The summed E-state index contributed by atoms with van der Waals surface area (Å²) in [5.41, 5.74) is 1.26. The molecule has 0 fully saturated rings. The average molecular weight is 129 g/mol. The Hall–Kier alpha value is -0.383. The van der Waals surface area contributed by atoms with E-state index in [2.05, 4.69) is 6.92 Å². The molecule has 0 saturated heterocycles. The summed E-state index contributed by atoms with van der Waals surface area (Å²) in [5.74, 6) is 0.917. The summed E-state index contributed by atoms with van der Waals surface area (Å²) >= 11 is 0. The van der Waals surface area contributed by atoms with E-state index in [0.29, 0.717) is 0 Å². The Morgan fingerprint density at radius 3 is 2.00 bits per heavy atom. The van der Waals surface area contributed by atoms with E-state index in [0.717, 1.165) is 5.75 Å². The van der Waals surface area contributed by atoms with Crippen LogP contribution in [-0.4, -0.2) is 26.0 Å². The Kier molecular flexibility index (Phi) is 4.27. The zero-order valence-electron chi connectivity index (χ0n) is 6.72. The Labute approximate surface area is 73.6 Å². The largest absolute Gasteiger partial charge is 0.497 e. The minimum atomic E-state index is 0. The van der Waals surface area contributed by atoms with Crippen LogP contribution >= 0.6 is 0 Å². The van der Waals surface area contributed by atoms with E-state index in [4.69, 9.17) is 4.74 Å². The molecule has 0 amide bonds. The van der Waals surface area contributed by atoms with Gasteiger partial charge in [0.05, 0.1) is 7.11 Å². The van der Waals surface area contributed by atoms with Gasteiger partial charge in [-0.15, -0.1) is 0 Å². The van der Waals surface area contributed by atoms with Crippen molar-refractivity contribution in [3.63, 3.8) is 0 Å². The summed E-state index contributed by atoms with van der Waals surface area (Å²) in [6.45, 7) is 2.06. The average Bonchev–Trinajstić information content (AvgIpc) is 1.90. The van der Waals surface area contributed by atoms with Gasteiger partial charge in [0, 0.05) is 18.9 Å². The van der Waals surface area contributed by atoms with Gasteiger partial charge in [0.25, 0.3) is 0 Å². The molecule has 0 unspecified atom stereocenters. The fourth-order valence-corrected chi connectivity index (χ4v) is 0.674. The van der Waals surface area contributed by atoms with Crippen LogP contribution in [-0.2, 0) is 0 Å². The molecule has 0 heterocycles. The summed E-state index contributed by atoms with van der Waals surface area (Å²) in [5, 5.41) is 0. The van der Waals surface area contributed by atoms with Crippen LogP contribution < -0.4 is 4.74 Å². The minimum absolute atomic E-state index is 0. The van der Waals surface area contributed by atoms with Crippen LogP contribution in [0.2, 0.25) is 0 Å². The third kappa shape index (κ3) is 2.47. The van der Waals surface area contributed by atoms with E-state index >= 15 is 0 Å². The normalized spacial score (nSPS) is 8.20. The van der Waals surface area contributed by atoms with Gasteiger partial charge in [0.2, 0.25) is 0 Å². The smallest absolute Gasteiger partial charge is 0.118 e. The monoisotopic (exact) mass is 129 g/mol. The van der Waals surface area contributed by atoms with Crippen molar-refractivity contribution in [3.05, 3.63) is 29.8 Å². The summed E-state index contributed by atoms with van der Waals surface area (Å²) in [6.07, 6.45) is 0. The van der Waals surface area contributed by atoms with E-state index in [1.54, 1.807) is 7.11 Å². The minimum Gasteiger partial charge on any atom is -0.497 e. The van der Waals surface area contributed by atoms with Crippen LogP contribution in [0.25, 0.3) is 0 Å². The van der Waals surface area contributed by atoms with Crippen molar-refractivity contribution in [1.29, 1.82) is 0 Å². The number of rotatable bonds is 1. The van der Waals surface area contributed by atoms with Crippen LogP contribution in [0.3, 0.4) is 0 Å². The SMILES string of the molecule is COc1ccc(C)cc1.[Li]. The standard InChI is InChI=1S/C8H10O.Li/c1-7-3-5-8(9-2)6-4-7;/h3-6H,1-2H3;. The molecule has 1 rings (SSSR count). The molecule has 2 heteroatoms. The van der Waals surface area contributed by atoms with Gasteiger partial charge in [-0.05, 0) is 19.1 Å². The topological polar surface area (TPSA) is 9.23 Å². The maximum absolute atomic E-state index is 4.97. The molecule has 0 saturated carbocycles. The van der Waals surface area contributed by atoms with E-state index in [9.17, 15) is 0 Å². The predicted molar refractivity (Wildman–Crippen MR) is 43.5 cm³/mol. The van der Waals surface area contributed by atoms with E-state index in [1.807, 2.05) is 24.3 Å². The fraction of sp³-hybridized carbons (Fsp3) is 0.250. The number of hydrogen-bond donors (Lipinski definition) is 0. The van der Waals surface area contributed by atoms with Crippen molar-refractivity contribution in [2.24, 2.45) is 0 Å². The van der Waals surface area contributed by atoms with Crippen molar-refractivity contribution in [3.8, 4) is 5.75 Å². The van der Waals surface area contributed by atoms with Crippen molar-refractivity contribution in [2.45, 2.75) is 6.92 Å². The number of methoxy groups -OCH3 is 1. The van der Waals surface area contributed by atoms with Crippen LogP contribution in [0.4, 0.5) is 0 Å². The molecular weight excluding hydrogens is 119 g/mol. The molecule has 0 aliphatic rings. The number of hydrogen-bond acceptors (Lipinski definition) is 1. The molecule has 0 spiro atoms. The zero-order valence-corrected chi connectivity index (χ0v) is 6.72. The van der Waals surface area contributed by atoms with Gasteiger partial charge in [-0.1, -0.05) is 17.7 Å². The van der Waals surface area contributed by atoms with E-state index < -0.39 is 0 Å². The maximum Gasteiger partial charge on any atom is 0.118 e.